The number of fused-ring (bicyclic) bond motifs is 2. The van der Waals surface area contributed by atoms with Crippen LogP contribution >= 0.6 is 0 Å². The van der Waals surface area contributed by atoms with Gasteiger partial charge in [0.25, 0.3) is 0 Å². The zero-order valence-corrected chi connectivity index (χ0v) is 16.9. The number of benzene rings is 1. The lowest BCUT2D eigenvalue weighted by Gasteiger charge is -2.43. The van der Waals surface area contributed by atoms with E-state index in [0.29, 0.717) is 32.5 Å². The van der Waals surface area contributed by atoms with Crippen LogP contribution in [0.1, 0.15) is 36.2 Å². The van der Waals surface area contributed by atoms with Gasteiger partial charge in [0.1, 0.15) is 5.60 Å². The van der Waals surface area contributed by atoms with Gasteiger partial charge in [-0.15, -0.1) is 0 Å². The Labute approximate surface area is 175 Å². The van der Waals surface area contributed by atoms with Crippen LogP contribution in [0.3, 0.4) is 0 Å². The molecule has 5 rings (SSSR count). The summed E-state index contributed by atoms with van der Waals surface area (Å²) >= 11 is 0. The molecule has 3 aromatic rings. The first-order valence-electron chi connectivity index (χ1n) is 10.5. The molecule has 7 nitrogen and oxygen atoms in total. The van der Waals surface area contributed by atoms with E-state index in [1.54, 1.807) is 18.6 Å². The van der Waals surface area contributed by atoms with E-state index in [4.69, 9.17) is 9.84 Å². The van der Waals surface area contributed by atoms with E-state index < -0.39 is 0 Å². The Morgan fingerprint density at radius 2 is 1.97 bits per heavy atom. The first-order chi connectivity index (χ1) is 14.7. The van der Waals surface area contributed by atoms with Gasteiger partial charge in [-0.2, -0.15) is 5.10 Å². The van der Waals surface area contributed by atoms with Gasteiger partial charge in [-0.1, -0.05) is 18.2 Å². The number of ether oxygens (including phenoxy) is 1. The molecule has 0 bridgehead atoms. The summed E-state index contributed by atoms with van der Waals surface area (Å²) in [6.45, 7) is 2.09. The molecule has 2 aromatic heterocycles. The maximum absolute atomic E-state index is 12.7. The Balaban J connectivity index is 1.27. The molecule has 0 N–H and O–H groups in total. The van der Waals surface area contributed by atoms with Crippen LogP contribution in [0, 0.1) is 0 Å². The van der Waals surface area contributed by atoms with Gasteiger partial charge in [0.05, 0.1) is 23.7 Å². The molecule has 1 saturated heterocycles. The zero-order valence-electron chi connectivity index (χ0n) is 16.9. The predicted octanol–water partition coefficient (Wildman–Crippen LogP) is 2.69. The van der Waals surface area contributed by atoms with Crippen LogP contribution in [0.25, 0.3) is 5.69 Å². The highest BCUT2D eigenvalue weighted by molar-refractivity contribution is 5.76. The molecule has 0 radical (unpaired) electrons. The van der Waals surface area contributed by atoms with E-state index in [2.05, 4.69) is 28.3 Å². The van der Waals surface area contributed by atoms with Crippen molar-refractivity contribution in [3.8, 4) is 5.69 Å². The Morgan fingerprint density at radius 3 is 2.73 bits per heavy atom. The van der Waals surface area contributed by atoms with Crippen LogP contribution < -0.4 is 0 Å². The van der Waals surface area contributed by atoms with E-state index in [1.165, 1.54) is 5.56 Å². The largest absolute Gasteiger partial charge is 0.368 e. The highest BCUT2D eigenvalue weighted by atomic mass is 16.5. The van der Waals surface area contributed by atoms with E-state index in [-0.39, 0.29) is 11.5 Å². The Hall–Kier alpha value is -3.06. The molecule has 0 saturated carbocycles. The number of rotatable bonds is 4. The SMILES string of the molecule is O=C(CCc1cnccn1)N1CCC2(CC1)OCCc1cn(-c3ccccc3)nc12. The van der Waals surface area contributed by atoms with Gasteiger partial charge < -0.3 is 9.64 Å². The van der Waals surface area contributed by atoms with E-state index in [0.717, 1.165) is 36.3 Å². The minimum atomic E-state index is -0.380. The van der Waals surface area contributed by atoms with Crippen molar-refractivity contribution in [2.24, 2.45) is 0 Å². The number of carbonyl (C=O) groups is 1. The molecule has 154 valence electrons. The van der Waals surface area contributed by atoms with Crippen molar-refractivity contribution in [2.75, 3.05) is 19.7 Å². The molecular weight excluding hydrogens is 378 g/mol. The van der Waals surface area contributed by atoms with Crippen molar-refractivity contribution in [3.63, 3.8) is 0 Å². The Bertz CT molecular complexity index is 1010. The van der Waals surface area contributed by atoms with Crippen molar-refractivity contribution in [2.45, 2.75) is 37.7 Å². The predicted molar refractivity (Wildman–Crippen MR) is 111 cm³/mol. The van der Waals surface area contributed by atoms with Crippen LogP contribution in [0.15, 0.2) is 55.1 Å². The van der Waals surface area contributed by atoms with Crippen LogP contribution in [0.2, 0.25) is 0 Å². The molecule has 2 aliphatic rings. The summed E-state index contributed by atoms with van der Waals surface area (Å²) in [7, 11) is 0. The van der Waals surface area contributed by atoms with E-state index in [1.807, 2.05) is 27.8 Å². The molecule has 0 unspecified atom stereocenters. The van der Waals surface area contributed by atoms with E-state index in [9.17, 15) is 4.79 Å². The van der Waals surface area contributed by atoms with E-state index >= 15 is 0 Å². The molecule has 2 aliphatic heterocycles. The number of piperidine rings is 1. The van der Waals surface area contributed by atoms with Crippen LogP contribution in [0.4, 0.5) is 0 Å². The summed E-state index contributed by atoms with van der Waals surface area (Å²) in [5.74, 6) is 0.168. The second-order valence-electron chi connectivity index (χ2n) is 7.95. The summed E-state index contributed by atoms with van der Waals surface area (Å²) in [6.07, 6.45) is 10.7. The minimum Gasteiger partial charge on any atom is -0.368 e. The normalized spacial score (nSPS) is 17.7. The van der Waals surface area contributed by atoms with Gasteiger partial charge >= 0.3 is 0 Å². The highest BCUT2D eigenvalue weighted by Gasteiger charge is 2.44. The molecular formula is C23H25N5O2. The highest BCUT2D eigenvalue weighted by Crippen LogP contribution is 2.41. The van der Waals surface area contributed by atoms with Crippen molar-refractivity contribution in [3.05, 3.63) is 72.1 Å². The fourth-order valence-electron chi connectivity index (χ4n) is 4.46. The van der Waals surface area contributed by atoms with Gasteiger partial charge in [0, 0.05) is 44.3 Å². The van der Waals surface area contributed by atoms with Gasteiger partial charge in [-0.05, 0) is 43.4 Å². The van der Waals surface area contributed by atoms with Crippen LogP contribution in [-0.4, -0.2) is 50.3 Å². The summed E-state index contributed by atoms with van der Waals surface area (Å²) < 4.78 is 8.27. The van der Waals surface area contributed by atoms with Crippen LogP contribution in [-0.2, 0) is 28.0 Å². The van der Waals surface area contributed by atoms with Crippen molar-refractivity contribution >= 4 is 5.91 Å². The summed E-state index contributed by atoms with van der Waals surface area (Å²) in [5, 5.41) is 4.92. The second-order valence-corrected chi connectivity index (χ2v) is 7.95. The third-order valence-corrected chi connectivity index (χ3v) is 6.13. The lowest BCUT2D eigenvalue weighted by molar-refractivity contribution is -0.141. The minimum absolute atomic E-state index is 0.168. The number of nitrogens with zero attached hydrogens (tertiary/aromatic N) is 5. The van der Waals surface area contributed by atoms with Crippen molar-refractivity contribution < 1.29 is 9.53 Å². The molecule has 30 heavy (non-hydrogen) atoms. The number of hydrogen-bond donors (Lipinski definition) is 0. The number of para-hydroxylation sites is 1. The average molecular weight is 403 g/mol. The molecule has 7 heteroatoms. The molecule has 0 atom stereocenters. The average Bonchev–Trinajstić information content (AvgIpc) is 3.26. The number of hydrogen-bond acceptors (Lipinski definition) is 5. The number of aromatic nitrogens is 4. The monoisotopic (exact) mass is 403 g/mol. The standard InChI is InChI=1S/C23H25N5O2/c29-21(7-6-19-16-24-11-12-25-19)27-13-9-23(10-14-27)22-18(8-15-30-23)17-28(26-22)20-4-2-1-3-5-20/h1-5,11-12,16-17H,6-10,13-15H2. The smallest absolute Gasteiger partial charge is 0.222 e. The Kier molecular flexibility index (Phi) is 5.04. The molecule has 0 aliphatic carbocycles. The number of carbonyl (C=O) groups excluding carboxylic acids is 1. The lowest BCUT2D eigenvalue weighted by Crippen LogP contribution is -2.48. The topological polar surface area (TPSA) is 73.1 Å². The second kappa shape index (κ2) is 7.99. The molecule has 1 spiro atoms. The third kappa shape index (κ3) is 3.61. The number of aryl methyl sites for hydroxylation is 1. The fourth-order valence-corrected chi connectivity index (χ4v) is 4.46. The maximum Gasteiger partial charge on any atom is 0.222 e. The molecule has 4 heterocycles. The fraction of sp³-hybridized carbons (Fsp3) is 0.391. The first kappa shape index (κ1) is 18.9. The first-order valence-corrected chi connectivity index (χ1v) is 10.5. The molecule has 1 fully saturated rings. The lowest BCUT2D eigenvalue weighted by atomic mass is 9.83. The summed E-state index contributed by atoms with van der Waals surface area (Å²) in [4.78, 5) is 23.0. The number of likely N-dealkylation sites (tertiary alicyclic amines) is 1. The maximum atomic E-state index is 12.7. The zero-order chi connectivity index (χ0) is 20.4. The molecule has 1 aromatic carbocycles. The Morgan fingerprint density at radius 1 is 1.13 bits per heavy atom. The molecule has 1 amide bonds. The quantitative estimate of drug-likeness (QED) is 0.670. The third-order valence-electron chi connectivity index (χ3n) is 6.13. The van der Waals surface area contributed by atoms with Gasteiger partial charge in [-0.3, -0.25) is 14.8 Å². The van der Waals surface area contributed by atoms with Gasteiger partial charge in [0.15, 0.2) is 0 Å². The van der Waals surface area contributed by atoms with Gasteiger partial charge in [-0.25, -0.2) is 4.68 Å². The van der Waals surface area contributed by atoms with Crippen molar-refractivity contribution in [1.82, 2.24) is 24.6 Å². The van der Waals surface area contributed by atoms with Gasteiger partial charge in [0.2, 0.25) is 5.91 Å². The van der Waals surface area contributed by atoms with Crippen LogP contribution in [0.5, 0.6) is 0 Å². The van der Waals surface area contributed by atoms with Crippen molar-refractivity contribution in [1.29, 1.82) is 0 Å². The summed E-state index contributed by atoms with van der Waals surface area (Å²) in [6, 6.07) is 10.2. The number of amides is 1. The summed E-state index contributed by atoms with van der Waals surface area (Å²) in [5.41, 5.74) is 3.83.